The Balaban J connectivity index is 1.78. The maximum atomic E-state index is 12.5. The lowest BCUT2D eigenvalue weighted by molar-refractivity contribution is -0.112. The first kappa shape index (κ1) is 22.4. The highest BCUT2D eigenvalue weighted by atomic mass is 35.5. The molecule has 1 N–H and O–H groups in total. The molecule has 0 aromatic heterocycles. The number of halogens is 2. The zero-order valence-electron chi connectivity index (χ0n) is 17.1. The van der Waals surface area contributed by atoms with Gasteiger partial charge in [-0.1, -0.05) is 71.2 Å². The van der Waals surface area contributed by atoms with E-state index in [2.05, 4.69) is 5.32 Å². The molecule has 0 radical (unpaired) electrons. The summed E-state index contributed by atoms with van der Waals surface area (Å²) >= 11 is 12.7. The highest BCUT2D eigenvalue weighted by Crippen LogP contribution is 2.35. The first-order chi connectivity index (χ1) is 14.9. The minimum absolute atomic E-state index is 0.0659. The van der Waals surface area contributed by atoms with Crippen molar-refractivity contribution in [3.05, 3.63) is 98.5 Å². The largest absolute Gasteiger partial charge is 0.486 e. The molecule has 4 nitrogen and oxygen atoms in total. The van der Waals surface area contributed by atoms with Crippen molar-refractivity contribution in [1.29, 1.82) is 5.26 Å². The maximum Gasteiger partial charge on any atom is 0.266 e. The average Bonchev–Trinajstić information content (AvgIpc) is 2.73. The Bertz CT molecular complexity index is 1170. The van der Waals surface area contributed by atoms with E-state index in [4.69, 9.17) is 27.9 Å². The number of amides is 1. The molecule has 0 spiro atoms. The second-order valence-corrected chi connectivity index (χ2v) is 7.84. The van der Waals surface area contributed by atoms with E-state index in [1.807, 2.05) is 62.4 Å². The van der Waals surface area contributed by atoms with Crippen LogP contribution in [0, 0.1) is 25.2 Å². The molecule has 156 valence electrons. The molecule has 0 atom stereocenters. The maximum absolute atomic E-state index is 12.5. The van der Waals surface area contributed by atoms with E-state index in [1.54, 1.807) is 18.2 Å². The minimum Gasteiger partial charge on any atom is -0.486 e. The van der Waals surface area contributed by atoms with Crippen molar-refractivity contribution in [3.63, 3.8) is 0 Å². The molecule has 0 unspecified atom stereocenters. The molecule has 31 heavy (non-hydrogen) atoms. The number of carbonyl (C=O) groups is 1. The molecule has 0 aliphatic rings. The third-order valence-electron chi connectivity index (χ3n) is 4.56. The summed E-state index contributed by atoms with van der Waals surface area (Å²) in [6, 6.07) is 20.4. The fourth-order valence-electron chi connectivity index (χ4n) is 2.98. The van der Waals surface area contributed by atoms with Gasteiger partial charge in [0.2, 0.25) is 0 Å². The van der Waals surface area contributed by atoms with Crippen molar-refractivity contribution < 1.29 is 9.53 Å². The number of carbonyl (C=O) groups excluding carboxylic acids is 1. The summed E-state index contributed by atoms with van der Waals surface area (Å²) in [5.74, 6) is -0.159. The third-order valence-corrected chi connectivity index (χ3v) is 5.12. The second-order valence-electron chi connectivity index (χ2n) is 7.03. The summed E-state index contributed by atoms with van der Waals surface area (Å²) in [7, 11) is 0. The third kappa shape index (κ3) is 5.88. The van der Waals surface area contributed by atoms with Crippen molar-refractivity contribution in [2.24, 2.45) is 0 Å². The number of benzene rings is 3. The average molecular weight is 451 g/mol. The Labute approximate surface area is 191 Å². The van der Waals surface area contributed by atoms with Gasteiger partial charge in [0.15, 0.2) is 5.75 Å². The van der Waals surface area contributed by atoms with E-state index in [1.165, 1.54) is 6.08 Å². The molecule has 0 aliphatic heterocycles. The Kier molecular flexibility index (Phi) is 7.36. The summed E-state index contributed by atoms with van der Waals surface area (Å²) < 4.78 is 5.81. The smallest absolute Gasteiger partial charge is 0.266 e. The van der Waals surface area contributed by atoms with Crippen LogP contribution in [0.2, 0.25) is 10.0 Å². The Morgan fingerprint density at radius 1 is 1.06 bits per heavy atom. The molecule has 6 heteroatoms. The van der Waals surface area contributed by atoms with E-state index in [0.717, 1.165) is 16.7 Å². The highest BCUT2D eigenvalue weighted by Gasteiger charge is 2.14. The first-order valence-electron chi connectivity index (χ1n) is 9.53. The van der Waals surface area contributed by atoms with Crippen LogP contribution in [0.25, 0.3) is 6.08 Å². The first-order valence-corrected chi connectivity index (χ1v) is 10.3. The standard InChI is InChI=1S/C25H20Cl2N2O2/c1-16-6-5-8-18(10-16)15-31-24-21(26)12-19(13-22(24)27)11-20(14-28)25(30)29-23-9-4-3-7-17(23)2/h3-13H,15H2,1-2H3,(H,29,30)/b20-11-. The molecule has 0 saturated carbocycles. The van der Waals surface area contributed by atoms with E-state index in [-0.39, 0.29) is 5.57 Å². The number of nitrogens with one attached hydrogen (secondary N) is 1. The number of aryl methyl sites for hydroxylation is 2. The topological polar surface area (TPSA) is 62.1 Å². The lowest BCUT2D eigenvalue weighted by atomic mass is 10.1. The van der Waals surface area contributed by atoms with Crippen LogP contribution in [0.4, 0.5) is 5.69 Å². The van der Waals surface area contributed by atoms with E-state index < -0.39 is 5.91 Å². The van der Waals surface area contributed by atoms with E-state index >= 15 is 0 Å². The summed E-state index contributed by atoms with van der Waals surface area (Å²) in [6.45, 7) is 4.20. The zero-order valence-corrected chi connectivity index (χ0v) is 18.6. The van der Waals surface area contributed by atoms with Gasteiger partial charge in [-0.15, -0.1) is 0 Å². The Morgan fingerprint density at radius 2 is 1.77 bits per heavy atom. The number of rotatable bonds is 6. The number of hydrogen-bond donors (Lipinski definition) is 1. The van der Waals surface area contributed by atoms with Gasteiger partial charge in [-0.25, -0.2) is 0 Å². The molecule has 0 saturated heterocycles. The highest BCUT2D eigenvalue weighted by molar-refractivity contribution is 6.37. The predicted molar refractivity (Wildman–Crippen MR) is 125 cm³/mol. The van der Waals surface area contributed by atoms with Crippen molar-refractivity contribution in [1.82, 2.24) is 0 Å². The summed E-state index contributed by atoms with van der Waals surface area (Å²) in [4.78, 5) is 12.5. The van der Waals surface area contributed by atoms with Crippen LogP contribution in [-0.2, 0) is 11.4 Å². The van der Waals surface area contributed by atoms with E-state index in [0.29, 0.717) is 33.7 Å². The van der Waals surface area contributed by atoms with Crippen LogP contribution >= 0.6 is 23.2 Å². The van der Waals surface area contributed by atoms with Gasteiger partial charge in [0, 0.05) is 5.69 Å². The normalized spacial score (nSPS) is 11.0. The minimum atomic E-state index is -0.510. The zero-order chi connectivity index (χ0) is 22.4. The van der Waals surface area contributed by atoms with Crippen molar-refractivity contribution in [2.45, 2.75) is 20.5 Å². The number of para-hydroxylation sites is 1. The SMILES string of the molecule is Cc1cccc(COc2c(Cl)cc(/C=C(/C#N)C(=O)Nc3ccccc3C)cc2Cl)c1. The lowest BCUT2D eigenvalue weighted by Gasteiger charge is -2.12. The molecular formula is C25H20Cl2N2O2. The Hall–Kier alpha value is -3.26. The molecule has 3 aromatic rings. The summed E-state index contributed by atoms with van der Waals surface area (Å²) in [6.07, 6.45) is 1.44. The number of nitrogens with zero attached hydrogens (tertiary/aromatic N) is 1. The van der Waals surface area contributed by atoms with Crippen LogP contribution in [0.1, 0.15) is 22.3 Å². The van der Waals surface area contributed by atoms with Gasteiger partial charge in [-0.3, -0.25) is 4.79 Å². The number of hydrogen-bond acceptors (Lipinski definition) is 3. The van der Waals surface area contributed by atoms with Crippen LogP contribution in [0.3, 0.4) is 0 Å². The van der Waals surface area contributed by atoms with Crippen molar-refractivity contribution in [2.75, 3.05) is 5.32 Å². The summed E-state index contributed by atoms with van der Waals surface area (Å²) in [5.41, 5.74) is 4.12. The quantitative estimate of drug-likeness (QED) is 0.334. The van der Waals surface area contributed by atoms with Gasteiger partial charge in [-0.05, 0) is 54.8 Å². The van der Waals surface area contributed by atoms with Crippen LogP contribution in [0.5, 0.6) is 5.75 Å². The monoisotopic (exact) mass is 450 g/mol. The predicted octanol–water partition coefficient (Wildman–Crippen LogP) is 6.73. The molecular weight excluding hydrogens is 431 g/mol. The van der Waals surface area contributed by atoms with Crippen LogP contribution < -0.4 is 10.1 Å². The van der Waals surface area contributed by atoms with Gasteiger partial charge < -0.3 is 10.1 Å². The van der Waals surface area contributed by atoms with Crippen LogP contribution in [0.15, 0.2) is 66.2 Å². The van der Waals surface area contributed by atoms with Gasteiger partial charge in [-0.2, -0.15) is 5.26 Å². The summed E-state index contributed by atoms with van der Waals surface area (Å²) in [5, 5.41) is 12.8. The molecule has 0 bridgehead atoms. The Morgan fingerprint density at radius 3 is 2.42 bits per heavy atom. The van der Waals surface area contributed by atoms with Gasteiger partial charge >= 0.3 is 0 Å². The fourth-order valence-corrected chi connectivity index (χ4v) is 3.59. The van der Waals surface area contributed by atoms with Gasteiger partial charge in [0.05, 0.1) is 10.0 Å². The number of ether oxygens (including phenoxy) is 1. The lowest BCUT2D eigenvalue weighted by Crippen LogP contribution is -2.14. The molecule has 3 aromatic carbocycles. The fraction of sp³-hybridized carbons (Fsp3) is 0.120. The molecule has 3 rings (SSSR count). The molecule has 0 aliphatic carbocycles. The molecule has 1 amide bonds. The van der Waals surface area contributed by atoms with E-state index in [9.17, 15) is 10.1 Å². The number of nitriles is 1. The van der Waals surface area contributed by atoms with Crippen molar-refractivity contribution in [3.8, 4) is 11.8 Å². The van der Waals surface area contributed by atoms with Crippen molar-refractivity contribution >= 4 is 40.9 Å². The van der Waals surface area contributed by atoms with Crippen LogP contribution in [-0.4, -0.2) is 5.91 Å². The number of anilines is 1. The molecule has 0 fully saturated rings. The second kappa shape index (κ2) is 10.2. The van der Waals surface area contributed by atoms with Gasteiger partial charge in [0.1, 0.15) is 18.2 Å². The van der Waals surface area contributed by atoms with Gasteiger partial charge in [0.25, 0.3) is 5.91 Å². The molecule has 0 heterocycles.